The molecule has 0 aromatic heterocycles. The van der Waals surface area contributed by atoms with Crippen molar-refractivity contribution in [2.75, 3.05) is 12.9 Å². The predicted octanol–water partition coefficient (Wildman–Crippen LogP) is 3.36. The average Bonchev–Trinajstić information content (AvgIpc) is 2.51. The molecule has 0 fully saturated rings. The predicted molar refractivity (Wildman–Crippen MR) is 95.5 cm³/mol. The van der Waals surface area contributed by atoms with Crippen LogP contribution in [0.25, 0.3) is 0 Å². The van der Waals surface area contributed by atoms with Crippen molar-refractivity contribution in [2.24, 2.45) is 5.92 Å². The van der Waals surface area contributed by atoms with E-state index in [9.17, 15) is 9.59 Å². The second-order valence-corrected chi connectivity index (χ2v) is 7.43. The molecule has 1 N–H and O–H groups in total. The number of carbonyl (C=O) groups is 2. The highest BCUT2D eigenvalue weighted by atomic mass is 32.2. The Labute approximate surface area is 143 Å². The van der Waals surface area contributed by atoms with Gasteiger partial charge in [0.25, 0.3) is 0 Å². The van der Waals surface area contributed by atoms with E-state index >= 15 is 0 Å². The van der Waals surface area contributed by atoms with Gasteiger partial charge < -0.3 is 10.1 Å². The van der Waals surface area contributed by atoms with Crippen LogP contribution in [0.2, 0.25) is 0 Å². The molecule has 2 unspecified atom stereocenters. The highest BCUT2D eigenvalue weighted by molar-refractivity contribution is 8.01. The molecule has 1 amide bonds. The third-order valence-corrected chi connectivity index (χ3v) is 4.62. The summed E-state index contributed by atoms with van der Waals surface area (Å²) in [5.74, 6) is 0.486. The maximum atomic E-state index is 12.0. The minimum atomic E-state index is -0.337. The summed E-state index contributed by atoms with van der Waals surface area (Å²) in [7, 11) is 1.35. The van der Waals surface area contributed by atoms with E-state index in [1.807, 2.05) is 6.92 Å². The third-order valence-electron chi connectivity index (χ3n) is 3.50. The van der Waals surface area contributed by atoms with Gasteiger partial charge in [-0.25, -0.2) is 0 Å². The van der Waals surface area contributed by atoms with Crippen LogP contribution in [0.5, 0.6) is 0 Å². The first-order chi connectivity index (χ1) is 10.8. The van der Waals surface area contributed by atoms with E-state index in [1.54, 1.807) is 6.92 Å². The van der Waals surface area contributed by atoms with Gasteiger partial charge in [0, 0.05) is 0 Å². The molecule has 0 heterocycles. The quantitative estimate of drug-likeness (QED) is 0.739. The number of esters is 1. The van der Waals surface area contributed by atoms with E-state index in [1.165, 1.54) is 24.4 Å². The SMILES string of the molecule is COC(=O)C(C)SCC(=O)NC(C)c1ccc(CC(C)C)cc1. The highest BCUT2D eigenvalue weighted by Crippen LogP contribution is 2.17. The summed E-state index contributed by atoms with van der Waals surface area (Å²) in [6, 6.07) is 8.31. The molecule has 5 heteroatoms. The summed E-state index contributed by atoms with van der Waals surface area (Å²) in [5.41, 5.74) is 2.39. The van der Waals surface area contributed by atoms with Gasteiger partial charge in [-0.15, -0.1) is 11.8 Å². The van der Waals surface area contributed by atoms with E-state index in [0.717, 1.165) is 12.0 Å². The molecule has 1 aromatic rings. The first kappa shape index (κ1) is 19.6. The maximum absolute atomic E-state index is 12.0. The molecular weight excluding hydrogens is 310 g/mol. The molecule has 128 valence electrons. The average molecular weight is 337 g/mol. The van der Waals surface area contributed by atoms with Crippen molar-refractivity contribution >= 4 is 23.6 Å². The minimum absolute atomic E-state index is 0.0513. The first-order valence-electron chi connectivity index (χ1n) is 7.91. The lowest BCUT2D eigenvalue weighted by atomic mass is 10.00. The number of rotatable bonds is 8. The maximum Gasteiger partial charge on any atom is 0.318 e. The van der Waals surface area contributed by atoms with Gasteiger partial charge in [-0.1, -0.05) is 38.1 Å². The van der Waals surface area contributed by atoms with Crippen LogP contribution in [0.1, 0.15) is 44.9 Å². The van der Waals surface area contributed by atoms with Crippen molar-refractivity contribution in [1.29, 1.82) is 0 Å². The summed E-state index contributed by atoms with van der Waals surface area (Å²) in [4.78, 5) is 23.3. The van der Waals surface area contributed by atoms with Crippen molar-refractivity contribution in [1.82, 2.24) is 5.32 Å². The zero-order chi connectivity index (χ0) is 17.4. The normalized spacial score (nSPS) is 13.5. The molecular formula is C18H27NO3S. The van der Waals surface area contributed by atoms with Crippen LogP contribution in [-0.2, 0) is 20.7 Å². The van der Waals surface area contributed by atoms with E-state index in [-0.39, 0.29) is 28.9 Å². The molecule has 1 rings (SSSR count). The number of amides is 1. The molecule has 0 aliphatic heterocycles. The smallest absolute Gasteiger partial charge is 0.318 e. The zero-order valence-corrected chi connectivity index (χ0v) is 15.4. The van der Waals surface area contributed by atoms with Crippen LogP contribution in [-0.4, -0.2) is 30.0 Å². The third kappa shape index (κ3) is 7.08. The molecule has 0 spiro atoms. The number of hydrogen-bond donors (Lipinski definition) is 1. The first-order valence-corrected chi connectivity index (χ1v) is 8.96. The van der Waals surface area contributed by atoms with E-state index in [2.05, 4.69) is 48.2 Å². The van der Waals surface area contributed by atoms with E-state index in [4.69, 9.17) is 0 Å². The lowest BCUT2D eigenvalue weighted by Gasteiger charge is -2.16. The highest BCUT2D eigenvalue weighted by Gasteiger charge is 2.16. The molecule has 0 bridgehead atoms. The Bertz CT molecular complexity index is 514. The second kappa shape index (κ2) is 9.60. The van der Waals surface area contributed by atoms with Crippen LogP contribution in [0.15, 0.2) is 24.3 Å². The molecule has 2 atom stereocenters. The van der Waals surface area contributed by atoms with E-state index in [0.29, 0.717) is 5.92 Å². The lowest BCUT2D eigenvalue weighted by molar-refractivity contribution is -0.139. The Balaban J connectivity index is 2.47. The van der Waals surface area contributed by atoms with Crippen LogP contribution in [0, 0.1) is 5.92 Å². The van der Waals surface area contributed by atoms with Gasteiger partial charge in [-0.2, -0.15) is 0 Å². The zero-order valence-electron chi connectivity index (χ0n) is 14.6. The lowest BCUT2D eigenvalue weighted by Crippen LogP contribution is -2.29. The summed E-state index contributed by atoms with van der Waals surface area (Å²) < 4.78 is 4.64. The van der Waals surface area contributed by atoms with Gasteiger partial charge in [-0.3, -0.25) is 9.59 Å². The fourth-order valence-electron chi connectivity index (χ4n) is 2.21. The largest absolute Gasteiger partial charge is 0.468 e. The molecule has 0 aliphatic carbocycles. The van der Waals surface area contributed by atoms with Gasteiger partial charge in [-0.05, 0) is 37.3 Å². The van der Waals surface area contributed by atoms with E-state index < -0.39 is 0 Å². The van der Waals surface area contributed by atoms with Crippen LogP contribution >= 0.6 is 11.8 Å². The number of thioether (sulfide) groups is 1. The minimum Gasteiger partial charge on any atom is -0.468 e. The molecule has 0 aliphatic rings. The fraction of sp³-hybridized carbons (Fsp3) is 0.556. The number of benzene rings is 1. The Hall–Kier alpha value is -1.49. The van der Waals surface area contributed by atoms with Gasteiger partial charge in [0.05, 0.1) is 18.9 Å². The van der Waals surface area contributed by atoms with Crippen molar-refractivity contribution in [3.8, 4) is 0 Å². The van der Waals surface area contributed by atoms with Crippen molar-refractivity contribution in [2.45, 2.75) is 45.4 Å². The number of methoxy groups -OCH3 is 1. The summed E-state index contributed by atoms with van der Waals surface area (Å²) in [6.07, 6.45) is 1.06. The molecule has 23 heavy (non-hydrogen) atoms. The Morgan fingerprint density at radius 3 is 2.26 bits per heavy atom. The monoisotopic (exact) mass is 337 g/mol. The van der Waals surface area contributed by atoms with Gasteiger partial charge in [0.15, 0.2) is 0 Å². The Morgan fingerprint density at radius 2 is 1.74 bits per heavy atom. The molecule has 1 aromatic carbocycles. The van der Waals surface area contributed by atoms with Crippen molar-refractivity contribution in [3.05, 3.63) is 35.4 Å². The fourth-order valence-corrected chi connectivity index (χ4v) is 2.93. The van der Waals surface area contributed by atoms with Crippen LogP contribution < -0.4 is 5.32 Å². The number of ether oxygens (including phenoxy) is 1. The number of carbonyl (C=O) groups excluding carboxylic acids is 2. The van der Waals surface area contributed by atoms with Crippen LogP contribution in [0.4, 0.5) is 0 Å². The molecule has 0 saturated heterocycles. The molecule has 0 saturated carbocycles. The van der Waals surface area contributed by atoms with Gasteiger partial charge in [0.1, 0.15) is 5.25 Å². The molecule has 4 nitrogen and oxygen atoms in total. The summed E-state index contributed by atoms with van der Waals surface area (Å²) in [5, 5.41) is 2.62. The van der Waals surface area contributed by atoms with Gasteiger partial charge in [0.2, 0.25) is 5.91 Å². The Morgan fingerprint density at radius 1 is 1.13 bits per heavy atom. The summed E-state index contributed by atoms with van der Waals surface area (Å²) in [6.45, 7) is 8.10. The van der Waals surface area contributed by atoms with Crippen molar-refractivity contribution in [3.63, 3.8) is 0 Å². The Kier molecular flexibility index (Phi) is 8.17. The van der Waals surface area contributed by atoms with Gasteiger partial charge >= 0.3 is 5.97 Å². The topological polar surface area (TPSA) is 55.4 Å². The number of hydrogen-bond acceptors (Lipinski definition) is 4. The standard InChI is InChI=1S/C18H27NO3S/c1-12(2)10-15-6-8-16(9-7-15)13(3)19-17(20)11-23-14(4)18(21)22-5/h6-9,12-14H,10-11H2,1-5H3,(H,19,20). The van der Waals surface area contributed by atoms with Crippen LogP contribution in [0.3, 0.4) is 0 Å². The summed E-state index contributed by atoms with van der Waals surface area (Å²) >= 11 is 1.28. The van der Waals surface area contributed by atoms with Crippen molar-refractivity contribution < 1.29 is 14.3 Å². The molecule has 0 radical (unpaired) electrons. The number of nitrogens with one attached hydrogen (secondary N) is 1. The second-order valence-electron chi connectivity index (χ2n) is 6.11.